The summed E-state index contributed by atoms with van der Waals surface area (Å²) < 4.78 is 7.66. The van der Waals surface area contributed by atoms with Crippen LogP contribution in [0.2, 0.25) is 0 Å². The van der Waals surface area contributed by atoms with E-state index in [-0.39, 0.29) is 32.7 Å². The molecule has 2 nitrogen and oxygen atoms in total. The van der Waals surface area contributed by atoms with E-state index in [1.165, 1.54) is 33.2 Å². The van der Waals surface area contributed by atoms with Crippen LogP contribution in [0.1, 0.15) is 103 Å². The third-order valence-electron chi connectivity index (χ3n) is 8.28. The summed E-state index contributed by atoms with van der Waals surface area (Å²) in [5, 5.41) is 2.70. The van der Waals surface area contributed by atoms with E-state index >= 15 is 0 Å². The zero-order valence-corrected chi connectivity index (χ0v) is 29.8. The van der Waals surface area contributed by atoms with Gasteiger partial charge in [0.15, 0.2) is 0 Å². The molecule has 1 unspecified atom stereocenters. The van der Waals surface area contributed by atoms with Gasteiger partial charge in [0, 0.05) is 11.2 Å². The minimum absolute atomic E-state index is 0.0112. The van der Waals surface area contributed by atoms with Gasteiger partial charge in [-0.05, 0) is 54.0 Å². The minimum Gasteiger partial charge on any atom is -0.517 e. The topological polar surface area (TPSA) is 12.5 Å². The first-order valence-corrected chi connectivity index (χ1v) is 18.7. The SMILES string of the molecule is CC(C)Oc1ccccc1[CH]=[Ru][Cl].CC(C)c1cccc(C(C)C)c1N1[CH-]C(C)(c2cccc3ccccc23)CC1(C)C. The maximum absolute atomic E-state index is 5.72. The number of fused-ring (bicyclic) bond motifs is 1. The van der Waals surface area contributed by atoms with Crippen molar-refractivity contribution in [3.63, 3.8) is 0 Å². The molecule has 1 saturated heterocycles. The predicted molar refractivity (Wildman–Crippen MR) is 185 cm³/mol. The van der Waals surface area contributed by atoms with E-state index in [1.807, 2.05) is 42.7 Å². The maximum Gasteiger partial charge on any atom is 0.0145 e. The fraction of sp³-hybridized carbons (Fsp3) is 0.385. The van der Waals surface area contributed by atoms with E-state index in [9.17, 15) is 0 Å². The third-order valence-corrected chi connectivity index (χ3v) is 9.47. The molecule has 4 heteroatoms. The van der Waals surface area contributed by atoms with Crippen molar-refractivity contribution < 1.29 is 20.4 Å². The van der Waals surface area contributed by atoms with Crippen LogP contribution < -0.4 is 9.64 Å². The fourth-order valence-corrected chi connectivity index (χ4v) is 7.61. The number of halogens is 1. The number of para-hydroxylation sites is 2. The molecule has 1 heterocycles. The number of anilines is 1. The molecule has 5 rings (SSSR count). The molecule has 0 spiro atoms. The Balaban J connectivity index is 0.000000273. The molecule has 1 aliphatic rings. The molecule has 0 aliphatic carbocycles. The van der Waals surface area contributed by atoms with Crippen molar-refractivity contribution in [1.82, 2.24) is 0 Å². The average molecular weight is 683 g/mol. The van der Waals surface area contributed by atoms with Gasteiger partial charge in [0.25, 0.3) is 0 Å². The standard InChI is InChI=1S/C29H36N.C10H12O.ClH.Ru/c1-20(2)23-15-11-16-24(21(3)4)27(23)30-19-29(7,18-28(30,5)6)26-17-10-13-22-12-8-9-14-25(22)26;1-8(2)11-10-7-5-4-6-9(10)3;;/h8-17,19-21H,18H2,1-7H3;3-8H,1-2H3;1H;/q-1;;;+1/p-1. The number of ether oxygens (including phenoxy) is 1. The van der Waals surface area contributed by atoms with E-state index < -0.39 is 0 Å². The fourth-order valence-electron chi connectivity index (χ4n) is 6.50. The smallest absolute Gasteiger partial charge is 0.0145 e. The summed E-state index contributed by atoms with van der Waals surface area (Å²) in [7, 11) is 5.72. The van der Waals surface area contributed by atoms with Crippen molar-refractivity contribution in [2.24, 2.45) is 0 Å². The Morgan fingerprint density at radius 2 is 1.37 bits per heavy atom. The zero-order chi connectivity index (χ0) is 31.4. The molecule has 1 atom stereocenters. The molecule has 1 aliphatic heterocycles. The number of rotatable bonds is 7. The van der Waals surface area contributed by atoms with Crippen LogP contribution in [0.15, 0.2) is 84.9 Å². The van der Waals surface area contributed by atoms with Crippen LogP contribution in [0, 0.1) is 6.54 Å². The first-order chi connectivity index (χ1) is 20.4. The Hall–Kier alpha value is -2.48. The van der Waals surface area contributed by atoms with Gasteiger partial charge in [-0.15, -0.1) is 5.41 Å². The van der Waals surface area contributed by atoms with E-state index in [2.05, 4.69) is 121 Å². The molecular formula is C39H48ClNORu-. The Morgan fingerprint density at radius 3 is 2.00 bits per heavy atom. The molecule has 0 radical (unpaired) electrons. The van der Waals surface area contributed by atoms with E-state index in [1.54, 1.807) is 0 Å². The van der Waals surface area contributed by atoms with Crippen molar-refractivity contribution in [1.29, 1.82) is 0 Å². The van der Waals surface area contributed by atoms with Gasteiger partial charge < -0.3 is 4.90 Å². The molecule has 0 saturated carbocycles. The van der Waals surface area contributed by atoms with Crippen LogP contribution in [-0.4, -0.2) is 16.3 Å². The average Bonchev–Trinajstić information content (AvgIpc) is 3.22. The molecule has 43 heavy (non-hydrogen) atoms. The van der Waals surface area contributed by atoms with E-state index in [4.69, 9.17) is 14.4 Å². The number of hydrogen-bond acceptors (Lipinski definition) is 2. The molecule has 4 aromatic carbocycles. The third kappa shape index (κ3) is 7.61. The summed E-state index contributed by atoms with van der Waals surface area (Å²) >= 11 is -0.191. The molecule has 0 amide bonds. The van der Waals surface area contributed by atoms with Gasteiger partial charge in [0.05, 0.1) is 0 Å². The molecule has 0 bridgehead atoms. The second-order valence-electron chi connectivity index (χ2n) is 13.4. The Labute approximate surface area is 272 Å². The van der Waals surface area contributed by atoms with Crippen LogP contribution in [-0.2, 0) is 21.1 Å². The van der Waals surface area contributed by atoms with Gasteiger partial charge in [0.1, 0.15) is 0 Å². The predicted octanol–water partition coefficient (Wildman–Crippen LogP) is 11.1. The summed E-state index contributed by atoms with van der Waals surface area (Å²) in [6, 6.07) is 30.4. The van der Waals surface area contributed by atoms with Gasteiger partial charge in [-0.2, -0.15) is 0 Å². The largest absolute Gasteiger partial charge is 0.517 e. The van der Waals surface area contributed by atoms with Gasteiger partial charge in [-0.1, -0.05) is 101 Å². The normalized spacial score (nSPS) is 18.3. The van der Waals surface area contributed by atoms with Crippen molar-refractivity contribution >= 4 is 30.8 Å². The van der Waals surface area contributed by atoms with Gasteiger partial charge in [-0.25, -0.2) is 6.54 Å². The van der Waals surface area contributed by atoms with Crippen LogP contribution in [0.5, 0.6) is 5.75 Å². The number of nitrogens with zero attached hydrogens (tertiary/aromatic N) is 1. The summed E-state index contributed by atoms with van der Waals surface area (Å²) in [4.78, 5) is 2.61. The van der Waals surface area contributed by atoms with Gasteiger partial charge in [-0.3, -0.25) is 0 Å². The van der Waals surface area contributed by atoms with E-state index in [0.717, 1.165) is 17.7 Å². The molecule has 0 aromatic heterocycles. The summed E-state index contributed by atoms with van der Waals surface area (Å²) in [6.07, 6.45) is 1.30. The quantitative estimate of drug-likeness (QED) is 0.142. The molecule has 231 valence electrons. The van der Waals surface area contributed by atoms with Gasteiger partial charge in [0.2, 0.25) is 0 Å². The first kappa shape index (κ1) is 33.4. The summed E-state index contributed by atoms with van der Waals surface area (Å²) in [5.74, 6) is 1.91. The van der Waals surface area contributed by atoms with Crippen LogP contribution in [0.4, 0.5) is 5.69 Å². The van der Waals surface area contributed by atoms with Crippen molar-refractivity contribution in [2.75, 3.05) is 4.90 Å². The Morgan fingerprint density at radius 1 is 0.791 bits per heavy atom. The first-order valence-electron chi connectivity index (χ1n) is 15.5. The number of hydrogen-bond donors (Lipinski definition) is 0. The van der Waals surface area contributed by atoms with Crippen molar-refractivity contribution in [2.45, 2.75) is 97.6 Å². The summed E-state index contributed by atoms with van der Waals surface area (Å²) in [5.41, 5.74) is 6.90. The molecular weight excluding hydrogens is 635 g/mol. The minimum atomic E-state index is -0.191. The van der Waals surface area contributed by atoms with Crippen LogP contribution >= 0.6 is 9.69 Å². The Kier molecular flexibility index (Phi) is 10.9. The second kappa shape index (κ2) is 14.1. The number of benzene rings is 4. The van der Waals surface area contributed by atoms with E-state index in [0.29, 0.717) is 11.8 Å². The summed E-state index contributed by atoms with van der Waals surface area (Å²) in [6.45, 7) is 23.1. The van der Waals surface area contributed by atoms with Crippen molar-refractivity contribution in [3.05, 3.63) is 114 Å². The van der Waals surface area contributed by atoms with Crippen LogP contribution in [0.3, 0.4) is 0 Å². The van der Waals surface area contributed by atoms with Crippen molar-refractivity contribution in [3.8, 4) is 5.75 Å². The van der Waals surface area contributed by atoms with Gasteiger partial charge >= 0.3 is 90.3 Å². The molecule has 1 fully saturated rings. The van der Waals surface area contributed by atoms with Crippen LogP contribution in [0.25, 0.3) is 10.8 Å². The zero-order valence-electron chi connectivity index (χ0n) is 27.3. The molecule has 4 aromatic rings. The second-order valence-corrected chi connectivity index (χ2v) is 15.2. The molecule has 0 N–H and O–H groups in total. The monoisotopic (exact) mass is 683 g/mol. The maximum atomic E-state index is 5.72. The Bertz CT molecular complexity index is 1520.